The first-order valence-corrected chi connectivity index (χ1v) is 8.97. The van der Waals surface area contributed by atoms with Gasteiger partial charge in [-0.1, -0.05) is 18.2 Å². The Bertz CT molecular complexity index is 902. The Morgan fingerprint density at radius 3 is 2.83 bits per heavy atom. The van der Waals surface area contributed by atoms with Gasteiger partial charge in [0.25, 0.3) is 0 Å². The molecule has 0 aliphatic carbocycles. The van der Waals surface area contributed by atoms with Crippen LogP contribution < -0.4 is 10.1 Å². The van der Waals surface area contributed by atoms with Crippen molar-refractivity contribution in [2.45, 2.75) is 25.7 Å². The molecule has 9 heteroatoms. The molecule has 0 spiro atoms. The molecule has 0 saturated carbocycles. The van der Waals surface area contributed by atoms with Crippen LogP contribution in [0.3, 0.4) is 0 Å². The fraction of sp³-hybridized carbons (Fsp3) is 0.350. The number of hydrogen-bond acceptors (Lipinski definition) is 4. The van der Waals surface area contributed by atoms with Crippen molar-refractivity contribution in [1.29, 1.82) is 0 Å². The molecule has 29 heavy (non-hydrogen) atoms. The van der Waals surface area contributed by atoms with E-state index in [1.807, 2.05) is 0 Å². The molecule has 1 N–H and O–H groups in total. The number of aromatic nitrogens is 1. The predicted molar refractivity (Wildman–Crippen MR) is 97.6 cm³/mol. The van der Waals surface area contributed by atoms with Crippen molar-refractivity contribution in [3.63, 3.8) is 0 Å². The fourth-order valence-electron chi connectivity index (χ4n) is 3.24. The number of nitrogens with zero attached hydrogens (tertiary/aromatic N) is 2. The summed E-state index contributed by atoms with van der Waals surface area (Å²) < 4.78 is 43.7. The number of pyridine rings is 1. The van der Waals surface area contributed by atoms with Gasteiger partial charge in [0.2, 0.25) is 17.7 Å². The summed E-state index contributed by atoms with van der Waals surface area (Å²) in [4.78, 5) is 30.2. The molecular weight excluding hydrogens is 387 g/mol. The van der Waals surface area contributed by atoms with E-state index in [1.165, 1.54) is 24.1 Å². The second-order valence-corrected chi connectivity index (χ2v) is 6.76. The van der Waals surface area contributed by atoms with Crippen LogP contribution in [0.2, 0.25) is 0 Å². The molecule has 0 unspecified atom stereocenters. The summed E-state index contributed by atoms with van der Waals surface area (Å²) in [6, 6.07) is 8.34. The molecule has 1 aliphatic rings. The van der Waals surface area contributed by atoms with Crippen molar-refractivity contribution in [1.82, 2.24) is 15.2 Å². The normalized spacial score (nSPS) is 16.8. The number of amides is 2. The van der Waals surface area contributed by atoms with Crippen LogP contribution in [0.15, 0.2) is 42.6 Å². The zero-order chi connectivity index (χ0) is 21.0. The molecule has 2 heterocycles. The number of carbonyl (C=O) groups is 2. The first-order chi connectivity index (χ1) is 13.8. The molecule has 0 bridgehead atoms. The van der Waals surface area contributed by atoms with Gasteiger partial charge < -0.3 is 15.0 Å². The molecule has 1 aliphatic heterocycles. The Morgan fingerprint density at radius 1 is 1.31 bits per heavy atom. The Balaban J connectivity index is 1.59. The number of methoxy groups -OCH3 is 1. The summed E-state index contributed by atoms with van der Waals surface area (Å²) in [5.41, 5.74) is 0.309. The minimum absolute atomic E-state index is 0.0228. The van der Waals surface area contributed by atoms with E-state index in [2.05, 4.69) is 10.3 Å². The molecule has 2 amide bonds. The fourth-order valence-corrected chi connectivity index (χ4v) is 3.24. The van der Waals surface area contributed by atoms with Gasteiger partial charge in [0, 0.05) is 37.8 Å². The highest BCUT2D eigenvalue weighted by Gasteiger charge is 2.35. The van der Waals surface area contributed by atoms with E-state index >= 15 is 0 Å². The van der Waals surface area contributed by atoms with Crippen LogP contribution in [0.1, 0.15) is 23.1 Å². The van der Waals surface area contributed by atoms with Gasteiger partial charge in [0.05, 0.1) is 18.6 Å². The average Bonchev–Trinajstić information content (AvgIpc) is 3.06. The Kier molecular flexibility index (Phi) is 6.05. The number of benzene rings is 1. The lowest BCUT2D eigenvalue weighted by molar-refractivity contribution is -0.137. The molecule has 1 atom stereocenters. The summed E-state index contributed by atoms with van der Waals surface area (Å²) in [5, 5.41) is 2.76. The number of hydrogen-bond donors (Lipinski definition) is 1. The van der Waals surface area contributed by atoms with Gasteiger partial charge in [-0.05, 0) is 23.8 Å². The lowest BCUT2D eigenvalue weighted by Gasteiger charge is -2.18. The van der Waals surface area contributed by atoms with Gasteiger partial charge in [-0.2, -0.15) is 13.2 Å². The van der Waals surface area contributed by atoms with Gasteiger partial charge in [0.15, 0.2) is 0 Å². The van der Waals surface area contributed by atoms with Gasteiger partial charge >= 0.3 is 6.18 Å². The number of carbonyl (C=O) groups excluding carboxylic acids is 2. The van der Waals surface area contributed by atoms with Crippen LogP contribution in [-0.4, -0.2) is 35.4 Å². The van der Waals surface area contributed by atoms with Gasteiger partial charge in [0.1, 0.15) is 0 Å². The number of nitrogens with one attached hydrogen (secondary N) is 1. The van der Waals surface area contributed by atoms with E-state index < -0.39 is 17.7 Å². The van der Waals surface area contributed by atoms with Gasteiger partial charge in [-0.3, -0.25) is 9.59 Å². The van der Waals surface area contributed by atoms with E-state index in [-0.39, 0.29) is 37.9 Å². The van der Waals surface area contributed by atoms with Crippen molar-refractivity contribution >= 4 is 11.8 Å². The minimum atomic E-state index is -4.44. The van der Waals surface area contributed by atoms with Crippen LogP contribution in [0.25, 0.3) is 0 Å². The highest BCUT2D eigenvalue weighted by molar-refractivity contribution is 5.89. The summed E-state index contributed by atoms with van der Waals surface area (Å²) in [7, 11) is 1.48. The zero-order valence-electron chi connectivity index (χ0n) is 15.7. The van der Waals surface area contributed by atoms with Crippen molar-refractivity contribution in [2.75, 3.05) is 13.7 Å². The maximum absolute atomic E-state index is 12.9. The third-order valence-corrected chi connectivity index (χ3v) is 4.71. The third kappa shape index (κ3) is 5.04. The number of halogens is 3. The van der Waals surface area contributed by atoms with Crippen LogP contribution in [-0.2, 0) is 28.9 Å². The van der Waals surface area contributed by atoms with E-state index in [1.54, 1.807) is 18.3 Å². The van der Waals surface area contributed by atoms with Crippen molar-refractivity contribution in [3.8, 4) is 5.88 Å². The van der Waals surface area contributed by atoms with Crippen LogP contribution in [0, 0.1) is 5.92 Å². The molecule has 1 fully saturated rings. The predicted octanol–water partition coefficient (Wildman–Crippen LogP) is 2.77. The van der Waals surface area contributed by atoms with Crippen molar-refractivity contribution in [2.24, 2.45) is 5.92 Å². The smallest absolute Gasteiger partial charge is 0.416 e. The van der Waals surface area contributed by atoms with Crippen LogP contribution in [0.5, 0.6) is 5.88 Å². The Morgan fingerprint density at radius 2 is 2.10 bits per heavy atom. The van der Waals surface area contributed by atoms with E-state index in [0.717, 1.165) is 12.1 Å². The summed E-state index contributed by atoms with van der Waals surface area (Å²) >= 11 is 0. The molecule has 3 rings (SSSR count). The quantitative estimate of drug-likeness (QED) is 0.800. The first-order valence-electron chi connectivity index (χ1n) is 8.97. The van der Waals surface area contributed by atoms with Crippen LogP contribution in [0.4, 0.5) is 13.2 Å². The van der Waals surface area contributed by atoms with E-state index in [0.29, 0.717) is 17.0 Å². The maximum Gasteiger partial charge on any atom is 0.416 e. The molecule has 1 aromatic carbocycles. The Hall–Kier alpha value is -3.10. The number of likely N-dealkylation sites (tertiary alicyclic amines) is 1. The molecule has 0 radical (unpaired) electrons. The lowest BCUT2D eigenvalue weighted by Crippen LogP contribution is -2.32. The summed E-state index contributed by atoms with van der Waals surface area (Å²) in [6.07, 6.45) is -2.85. The maximum atomic E-state index is 12.9. The molecule has 1 aromatic heterocycles. The SMILES string of the molecule is COc1ncccc1CNC(=O)[C@H]1CC(=O)N(Cc2cccc(C(F)(F)F)c2)C1. The standard InChI is InChI=1S/C20H20F3N3O3/c1-29-19-14(5-3-7-24-19)10-25-18(28)15-9-17(27)26(12-15)11-13-4-2-6-16(8-13)20(21,22)23/h2-8,15H,9-12H2,1H3,(H,25,28)/t15-/m0/s1. The summed E-state index contributed by atoms with van der Waals surface area (Å²) in [5.74, 6) is -0.713. The van der Waals surface area contributed by atoms with Gasteiger partial charge in [-0.15, -0.1) is 0 Å². The number of ether oxygens (including phenoxy) is 1. The minimum Gasteiger partial charge on any atom is -0.481 e. The number of alkyl halides is 3. The lowest BCUT2D eigenvalue weighted by atomic mass is 10.1. The van der Waals surface area contributed by atoms with E-state index in [4.69, 9.17) is 4.74 Å². The second-order valence-electron chi connectivity index (χ2n) is 6.76. The van der Waals surface area contributed by atoms with Crippen LogP contribution >= 0.6 is 0 Å². The highest BCUT2D eigenvalue weighted by Crippen LogP contribution is 2.30. The molecule has 2 aromatic rings. The van der Waals surface area contributed by atoms with Gasteiger partial charge in [-0.25, -0.2) is 4.98 Å². The Labute approximate surface area is 165 Å². The average molecular weight is 407 g/mol. The molecule has 154 valence electrons. The third-order valence-electron chi connectivity index (χ3n) is 4.71. The second kappa shape index (κ2) is 8.50. The van der Waals surface area contributed by atoms with Crippen molar-refractivity contribution < 1.29 is 27.5 Å². The molecular formula is C20H20F3N3O3. The topological polar surface area (TPSA) is 71.5 Å². The van der Waals surface area contributed by atoms with Crippen molar-refractivity contribution in [3.05, 3.63) is 59.3 Å². The molecule has 1 saturated heterocycles. The highest BCUT2D eigenvalue weighted by atomic mass is 19.4. The number of rotatable bonds is 6. The van der Waals surface area contributed by atoms with E-state index in [9.17, 15) is 22.8 Å². The summed E-state index contributed by atoms with van der Waals surface area (Å²) in [6.45, 7) is 0.391. The largest absolute Gasteiger partial charge is 0.481 e. The monoisotopic (exact) mass is 407 g/mol. The molecule has 6 nitrogen and oxygen atoms in total. The first kappa shape index (κ1) is 20.6. The zero-order valence-corrected chi connectivity index (χ0v) is 15.7.